The molecule has 0 aliphatic carbocycles. The molecule has 0 spiro atoms. The molecule has 0 saturated carbocycles. The number of rotatable bonds is 53. The zero-order valence-corrected chi connectivity index (χ0v) is 43.4. The van der Waals surface area contributed by atoms with E-state index in [1.54, 1.807) is 0 Å². The van der Waals surface area contributed by atoms with E-state index in [0.29, 0.717) is 19.3 Å². The van der Waals surface area contributed by atoms with E-state index in [1.807, 2.05) is 0 Å². The van der Waals surface area contributed by atoms with Crippen LogP contribution >= 0.6 is 0 Å². The van der Waals surface area contributed by atoms with Crippen LogP contribution in [-0.2, 0) is 14.3 Å². The highest BCUT2D eigenvalue weighted by atomic mass is 16.5. The average molecular weight is 905 g/mol. The van der Waals surface area contributed by atoms with E-state index >= 15 is 0 Å². The summed E-state index contributed by atoms with van der Waals surface area (Å²) in [4.78, 5) is 26.2. The zero-order chi connectivity index (χ0) is 46.7. The summed E-state index contributed by atoms with van der Waals surface area (Å²) in [5.74, 6) is -0.462. The molecule has 0 aromatic heterocycles. The van der Waals surface area contributed by atoms with Gasteiger partial charge in [0.15, 0.2) is 0 Å². The second-order valence-corrected chi connectivity index (χ2v) is 20.1. The maximum atomic E-state index is 13.3. The van der Waals surface area contributed by atoms with Gasteiger partial charge in [-0.3, -0.25) is 9.59 Å². The molecule has 0 heterocycles. The third-order valence-electron chi connectivity index (χ3n) is 13.6. The van der Waals surface area contributed by atoms with Crippen LogP contribution in [0.5, 0.6) is 0 Å². The second-order valence-electron chi connectivity index (χ2n) is 20.1. The lowest BCUT2D eigenvalue weighted by Crippen LogP contribution is -2.46. The Bertz CT molecular complexity index is 970. The summed E-state index contributed by atoms with van der Waals surface area (Å²) < 4.78 is 5.95. The van der Waals surface area contributed by atoms with Crippen LogP contribution in [0.1, 0.15) is 323 Å². The number of nitrogens with one attached hydrogen (secondary N) is 1. The van der Waals surface area contributed by atoms with Crippen LogP contribution in [-0.4, -0.2) is 46.9 Å². The van der Waals surface area contributed by atoms with E-state index in [9.17, 15) is 19.8 Å². The van der Waals surface area contributed by atoms with Crippen LogP contribution in [0.3, 0.4) is 0 Å². The summed E-state index contributed by atoms with van der Waals surface area (Å²) in [6, 6.07) is -0.697. The summed E-state index contributed by atoms with van der Waals surface area (Å²) in [6.45, 7) is 6.51. The van der Waals surface area contributed by atoms with Crippen LogP contribution < -0.4 is 5.32 Å². The smallest absolute Gasteiger partial charge is 0.306 e. The monoisotopic (exact) mass is 904 g/mol. The van der Waals surface area contributed by atoms with Crippen molar-refractivity contribution in [3.63, 3.8) is 0 Å². The molecular weight excluding hydrogens is 791 g/mol. The van der Waals surface area contributed by atoms with Crippen LogP contribution in [0.25, 0.3) is 0 Å². The Kier molecular flexibility index (Phi) is 51.4. The van der Waals surface area contributed by atoms with Crippen LogP contribution in [0.2, 0.25) is 0 Å². The van der Waals surface area contributed by atoms with Crippen molar-refractivity contribution in [2.45, 2.75) is 341 Å². The van der Waals surface area contributed by atoms with Gasteiger partial charge >= 0.3 is 5.97 Å². The molecule has 1 amide bonds. The molecule has 0 aliphatic rings. The molecule has 0 saturated heterocycles. The molecular formula is C58H113NO5. The number of ether oxygens (including phenoxy) is 1. The lowest BCUT2D eigenvalue weighted by Gasteiger charge is -2.24. The Hall–Kier alpha value is -1.40. The van der Waals surface area contributed by atoms with E-state index in [0.717, 1.165) is 51.4 Å². The van der Waals surface area contributed by atoms with Crippen molar-refractivity contribution in [2.24, 2.45) is 0 Å². The molecule has 0 aromatic carbocycles. The normalized spacial score (nSPS) is 13.1. The van der Waals surface area contributed by atoms with E-state index < -0.39 is 18.2 Å². The highest BCUT2D eigenvalue weighted by molar-refractivity contribution is 5.77. The fourth-order valence-corrected chi connectivity index (χ4v) is 9.19. The molecule has 380 valence electrons. The standard InChI is InChI=1S/C58H113NO5/c1-4-7-10-13-16-19-22-25-27-29-31-33-35-38-41-44-47-50-56(61)55(53-60)59-57(62)52-54(64-58(63)51-48-45-42-39-36-24-21-18-15-12-9-6-3)49-46-43-40-37-34-32-30-28-26-23-20-17-14-11-8-5-2/h18,21,54-56,60-61H,4-17,19-20,22-53H2,1-3H3,(H,59,62)/b21-18-. The minimum absolute atomic E-state index is 0.0821. The van der Waals surface area contributed by atoms with Gasteiger partial charge in [0, 0.05) is 6.42 Å². The Morgan fingerprint density at radius 1 is 0.438 bits per heavy atom. The van der Waals surface area contributed by atoms with Gasteiger partial charge in [0.2, 0.25) is 5.91 Å². The van der Waals surface area contributed by atoms with Crippen LogP contribution in [0, 0.1) is 0 Å². The van der Waals surface area contributed by atoms with Gasteiger partial charge in [-0.15, -0.1) is 0 Å². The number of carbonyl (C=O) groups excluding carboxylic acids is 2. The number of esters is 1. The Morgan fingerprint density at radius 3 is 1.14 bits per heavy atom. The number of unbranched alkanes of at least 4 members (excludes halogenated alkanes) is 39. The summed E-state index contributed by atoms with van der Waals surface area (Å²) in [5, 5.41) is 23.9. The van der Waals surface area contributed by atoms with Gasteiger partial charge in [-0.05, 0) is 51.4 Å². The van der Waals surface area contributed by atoms with E-state index in [1.165, 1.54) is 225 Å². The maximum absolute atomic E-state index is 13.3. The number of amides is 1. The van der Waals surface area contributed by atoms with Crippen LogP contribution in [0.4, 0.5) is 0 Å². The van der Waals surface area contributed by atoms with Gasteiger partial charge in [-0.1, -0.05) is 270 Å². The first kappa shape index (κ1) is 62.6. The van der Waals surface area contributed by atoms with Crippen molar-refractivity contribution in [1.82, 2.24) is 5.32 Å². The fourth-order valence-electron chi connectivity index (χ4n) is 9.19. The molecule has 3 N–H and O–H groups in total. The lowest BCUT2D eigenvalue weighted by atomic mass is 10.0. The predicted octanol–water partition coefficient (Wildman–Crippen LogP) is 17.7. The number of hydrogen-bond donors (Lipinski definition) is 3. The molecule has 0 aromatic rings. The molecule has 3 atom stereocenters. The first-order valence-electron chi connectivity index (χ1n) is 28.9. The van der Waals surface area contributed by atoms with Crippen molar-refractivity contribution in [1.29, 1.82) is 0 Å². The third-order valence-corrected chi connectivity index (χ3v) is 13.6. The zero-order valence-electron chi connectivity index (χ0n) is 43.4. The van der Waals surface area contributed by atoms with Gasteiger partial charge in [0.05, 0.1) is 25.2 Å². The highest BCUT2D eigenvalue weighted by Crippen LogP contribution is 2.19. The molecule has 6 nitrogen and oxygen atoms in total. The SMILES string of the molecule is CCCCC/C=C\CCCCCCCC(=O)OC(CCCCCCCCCCCCCCCCCC)CC(=O)NC(CO)C(O)CCCCCCCCCCCCCCCCCCC. The molecule has 0 bridgehead atoms. The largest absolute Gasteiger partial charge is 0.462 e. The van der Waals surface area contributed by atoms with Crippen molar-refractivity contribution in [2.75, 3.05) is 6.61 Å². The topological polar surface area (TPSA) is 95.9 Å². The van der Waals surface area contributed by atoms with Gasteiger partial charge in [0.1, 0.15) is 6.10 Å². The summed E-state index contributed by atoms with van der Waals surface area (Å²) in [5.41, 5.74) is 0. The quantitative estimate of drug-likeness (QED) is 0.0321. The molecule has 6 heteroatoms. The third kappa shape index (κ3) is 47.1. The van der Waals surface area contributed by atoms with Crippen molar-refractivity contribution in [3.05, 3.63) is 12.2 Å². The van der Waals surface area contributed by atoms with Crippen LogP contribution in [0.15, 0.2) is 12.2 Å². The minimum Gasteiger partial charge on any atom is -0.462 e. The van der Waals surface area contributed by atoms with Crippen molar-refractivity contribution < 1.29 is 24.5 Å². The van der Waals surface area contributed by atoms with Gasteiger partial charge in [-0.2, -0.15) is 0 Å². The Labute approximate surface area is 399 Å². The second kappa shape index (κ2) is 52.6. The maximum Gasteiger partial charge on any atom is 0.306 e. The van der Waals surface area contributed by atoms with E-state index in [4.69, 9.17) is 4.74 Å². The molecule has 64 heavy (non-hydrogen) atoms. The van der Waals surface area contributed by atoms with Gasteiger partial charge in [0.25, 0.3) is 0 Å². The molecule has 0 rings (SSSR count). The Morgan fingerprint density at radius 2 is 0.750 bits per heavy atom. The summed E-state index contributed by atoms with van der Waals surface area (Å²) >= 11 is 0. The minimum atomic E-state index is -0.784. The molecule has 0 aliphatic heterocycles. The van der Waals surface area contributed by atoms with Crippen molar-refractivity contribution >= 4 is 11.9 Å². The number of aliphatic hydroxyl groups excluding tert-OH is 2. The Balaban J connectivity index is 4.47. The molecule has 0 fully saturated rings. The van der Waals surface area contributed by atoms with E-state index in [2.05, 4.69) is 38.2 Å². The number of allylic oxidation sites excluding steroid dienone is 2. The van der Waals surface area contributed by atoms with Crippen molar-refractivity contribution in [3.8, 4) is 0 Å². The number of hydrogen-bond acceptors (Lipinski definition) is 5. The molecule has 0 radical (unpaired) electrons. The average Bonchev–Trinajstić information content (AvgIpc) is 3.29. The molecule has 3 unspecified atom stereocenters. The summed E-state index contributed by atoms with van der Waals surface area (Å²) in [7, 11) is 0. The lowest BCUT2D eigenvalue weighted by molar-refractivity contribution is -0.151. The summed E-state index contributed by atoms with van der Waals surface area (Å²) in [6.07, 6.45) is 59.9. The number of carbonyl (C=O) groups is 2. The van der Waals surface area contributed by atoms with Gasteiger partial charge in [-0.25, -0.2) is 0 Å². The highest BCUT2D eigenvalue weighted by Gasteiger charge is 2.24. The number of aliphatic hydroxyl groups is 2. The first-order valence-corrected chi connectivity index (χ1v) is 28.9. The van der Waals surface area contributed by atoms with E-state index in [-0.39, 0.29) is 24.9 Å². The fraction of sp³-hybridized carbons (Fsp3) is 0.931. The van der Waals surface area contributed by atoms with Gasteiger partial charge < -0.3 is 20.3 Å². The predicted molar refractivity (Wildman–Crippen MR) is 278 cm³/mol. The first-order chi connectivity index (χ1) is 31.5.